The van der Waals surface area contributed by atoms with Crippen LogP contribution in [0.15, 0.2) is 30.3 Å². The molecule has 0 radical (unpaired) electrons. The predicted molar refractivity (Wildman–Crippen MR) is 103 cm³/mol. The molecule has 0 aliphatic carbocycles. The van der Waals surface area contributed by atoms with Crippen LogP contribution in [0.3, 0.4) is 0 Å². The van der Waals surface area contributed by atoms with Crippen LogP contribution in [0, 0.1) is 0 Å². The van der Waals surface area contributed by atoms with Crippen molar-refractivity contribution in [3.05, 3.63) is 36.0 Å². The molecule has 2 fully saturated rings. The molecule has 0 N–H and O–H groups in total. The van der Waals surface area contributed by atoms with Gasteiger partial charge in [0.1, 0.15) is 0 Å². The molecule has 28 heavy (non-hydrogen) atoms. The molecule has 0 bridgehead atoms. The minimum atomic E-state index is -0.121. The zero-order valence-electron chi connectivity index (χ0n) is 16.0. The summed E-state index contributed by atoms with van der Waals surface area (Å²) in [5, 5.41) is 8.33. The summed E-state index contributed by atoms with van der Waals surface area (Å²) in [7, 11) is 0. The standard InChI is InChI=1S/C19H24N6O3/c1-15(26)17-18(25(21-20-17)16-5-3-2-4-6-16)22-7-9-23(10-8-22)19(27)24-11-13-28-14-12-24/h2-6H,7-14H2,1H3. The second-order valence-corrected chi connectivity index (χ2v) is 6.92. The molecule has 4 rings (SSSR count). The number of para-hydroxylation sites is 1. The van der Waals surface area contributed by atoms with E-state index in [0.29, 0.717) is 64.0 Å². The number of benzene rings is 1. The molecule has 1 aromatic heterocycles. The third-order valence-corrected chi connectivity index (χ3v) is 5.11. The van der Waals surface area contributed by atoms with Gasteiger partial charge in [-0.1, -0.05) is 23.4 Å². The normalized spacial score (nSPS) is 17.7. The van der Waals surface area contributed by atoms with E-state index in [1.54, 1.807) is 4.68 Å². The van der Waals surface area contributed by atoms with E-state index >= 15 is 0 Å². The SMILES string of the molecule is CC(=O)c1nnn(-c2ccccc2)c1N1CCN(C(=O)N2CCOCC2)CC1. The van der Waals surface area contributed by atoms with Gasteiger partial charge in [0, 0.05) is 46.2 Å². The molecule has 2 aromatic rings. The number of piperazine rings is 1. The van der Waals surface area contributed by atoms with E-state index in [9.17, 15) is 9.59 Å². The van der Waals surface area contributed by atoms with E-state index in [1.165, 1.54) is 6.92 Å². The van der Waals surface area contributed by atoms with Gasteiger partial charge in [-0.25, -0.2) is 4.79 Å². The fourth-order valence-electron chi connectivity index (χ4n) is 3.60. The topological polar surface area (TPSA) is 83.8 Å². The number of morpholine rings is 1. The lowest BCUT2D eigenvalue weighted by molar-refractivity contribution is 0.0428. The second kappa shape index (κ2) is 7.97. The Balaban J connectivity index is 1.52. The highest BCUT2D eigenvalue weighted by Crippen LogP contribution is 2.24. The molecular weight excluding hydrogens is 360 g/mol. The first kappa shape index (κ1) is 18.4. The maximum atomic E-state index is 12.7. The molecule has 0 saturated carbocycles. The Morgan fingerprint density at radius 3 is 2.21 bits per heavy atom. The van der Waals surface area contributed by atoms with Gasteiger partial charge in [0.25, 0.3) is 0 Å². The van der Waals surface area contributed by atoms with Crippen LogP contribution in [-0.2, 0) is 4.74 Å². The monoisotopic (exact) mass is 384 g/mol. The lowest BCUT2D eigenvalue weighted by atomic mass is 10.2. The highest BCUT2D eigenvalue weighted by molar-refractivity contribution is 5.97. The first-order chi connectivity index (χ1) is 13.6. The van der Waals surface area contributed by atoms with Crippen molar-refractivity contribution in [2.75, 3.05) is 57.4 Å². The number of nitrogens with zero attached hydrogens (tertiary/aromatic N) is 6. The molecular formula is C19H24N6O3. The summed E-state index contributed by atoms with van der Waals surface area (Å²) < 4.78 is 7.03. The molecule has 2 amide bonds. The predicted octanol–water partition coefficient (Wildman–Crippen LogP) is 1.04. The van der Waals surface area contributed by atoms with Crippen molar-refractivity contribution in [2.45, 2.75) is 6.92 Å². The molecule has 148 valence electrons. The average Bonchev–Trinajstić information content (AvgIpc) is 3.20. The number of ketones is 1. The smallest absolute Gasteiger partial charge is 0.320 e. The van der Waals surface area contributed by atoms with E-state index in [4.69, 9.17) is 4.74 Å². The Hall–Kier alpha value is -2.94. The number of rotatable bonds is 3. The van der Waals surface area contributed by atoms with Crippen molar-refractivity contribution in [2.24, 2.45) is 0 Å². The van der Waals surface area contributed by atoms with Crippen molar-refractivity contribution < 1.29 is 14.3 Å². The van der Waals surface area contributed by atoms with Crippen LogP contribution >= 0.6 is 0 Å². The lowest BCUT2D eigenvalue weighted by Gasteiger charge is -2.39. The first-order valence-corrected chi connectivity index (χ1v) is 9.54. The number of hydrogen-bond donors (Lipinski definition) is 0. The summed E-state index contributed by atoms with van der Waals surface area (Å²) in [6.07, 6.45) is 0. The van der Waals surface area contributed by atoms with E-state index in [-0.39, 0.29) is 11.8 Å². The summed E-state index contributed by atoms with van der Waals surface area (Å²) >= 11 is 0. The number of Topliss-reactive ketones (excluding diaryl/α,β-unsaturated/α-hetero) is 1. The molecule has 9 nitrogen and oxygen atoms in total. The van der Waals surface area contributed by atoms with Crippen molar-refractivity contribution in [1.82, 2.24) is 24.8 Å². The summed E-state index contributed by atoms with van der Waals surface area (Å²) in [5.41, 5.74) is 1.21. The lowest BCUT2D eigenvalue weighted by Crippen LogP contribution is -2.55. The Bertz CT molecular complexity index is 839. The molecule has 2 aliphatic rings. The zero-order valence-corrected chi connectivity index (χ0v) is 16.0. The van der Waals surface area contributed by atoms with Crippen molar-refractivity contribution in [3.8, 4) is 5.69 Å². The minimum Gasteiger partial charge on any atom is -0.378 e. The largest absolute Gasteiger partial charge is 0.378 e. The third-order valence-electron chi connectivity index (χ3n) is 5.11. The maximum absolute atomic E-state index is 12.7. The minimum absolute atomic E-state index is 0.0597. The molecule has 0 atom stereocenters. The number of ether oxygens (including phenoxy) is 1. The van der Waals surface area contributed by atoms with E-state index in [2.05, 4.69) is 15.2 Å². The number of urea groups is 1. The summed E-state index contributed by atoms with van der Waals surface area (Å²) in [6.45, 7) is 6.39. The van der Waals surface area contributed by atoms with Crippen LogP contribution in [0.4, 0.5) is 10.6 Å². The quantitative estimate of drug-likeness (QED) is 0.736. The number of anilines is 1. The van der Waals surface area contributed by atoms with Gasteiger partial charge in [0.15, 0.2) is 17.3 Å². The highest BCUT2D eigenvalue weighted by atomic mass is 16.5. The number of aromatic nitrogens is 3. The Kier molecular flexibility index (Phi) is 5.25. The Labute approximate surface area is 163 Å². The maximum Gasteiger partial charge on any atom is 0.320 e. The zero-order chi connectivity index (χ0) is 19.5. The molecule has 1 aromatic carbocycles. The average molecular weight is 384 g/mol. The fraction of sp³-hybridized carbons (Fsp3) is 0.474. The van der Waals surface area contributed by atoms with Crippen molar-refractivity contribution in [3.63, 3.8) is 0 Å². The third kappa shape index (κ3) is 3.57. The van der Waals surface area contributed by atoms with E-state index in [1.807, 2.05) is 40.1 Å². The molecule has 3 heterocycles. The summed E-state index contributed by atoms with van der Waals surface area (Å²) in [5.74, 6) is 0.571. The highest BCUT2D eigenvalue weighted by Gasteiger charge is 2.30. The van der Waals surface area contributed by atoms with Gasteiger partial charge in [-0.15, -0.1) is 5.10 Å². The van der Waals surface area contributed by atoms with Crippen LogP contribution in [-0.4, -0.2) is 89.1 Å². The van der Waals surface area contributed by atoms with Crippen molar-refractivity contribution in [1.29, 1.82) is 0 Å². The summed E-state index contributed by atoms with van der Waals surface area (Å²) in [4.78, 5) is 30.6. The van der Waals surface area contributed by atoms with Gasteiger partial charge in [0.05, 0.1) is 18.9 Å². The molecule has 0 unspecified atom stereocenters. The number of carbonyl (C=O) groups is 2. The van der Waals surface area contributed by atoms with Gasteiger partial charge in [-0.3, -0.25) is 4.79 Å². The van der Waals surface area contributed by atoms with E-state index < -0.39 is 0 Å². The second-order valence-electron chi connectivity index (χ2n) is 6.92. The van der Waals surface area contributed by atoms with E-state index in [0.717, 1.165) is 5.69 Å². The summed E-state index contributed by atoms with van der Waals surface area (Å²) in [6, 6.07) is 9.70. The van der Waals surface area contributed by atoms with Gasteiger partial charge in [-0.05, 0) is 12.1 Å². The molecule has 9 heteroatoms. The van der Waals surface area contributed by atoms with Crippen LogP contribution in [0.5, 0.6) is 0 Å². The fourth-order valence-corrected chi connectivity index (χ4v) is 3.60. The number of hydrogen-bond acceptors (Lipinski definition) is 6. The van der Waals surface area contributed by atoms with Gasteiger partial charge < -0.3 is 19.4 Å². The Morgan fingerprint density at radius 1 is 0.929 bits per heavy atom. The van der Waals surface area contributed by atoms with Crippen LogP contribution < -0.4 is 4.90 Å². The van der Waals surface area contributed by atoms with Gasteiger partial charge in [0.2, 0.25) is 0 Å². The number of carbonyl (C=O) groups excluding carboxylic acids is 2. The first-order valence-electron chi connectivity index (χ1n) is 9.54. The molecule has 2 saturated heterocycles. The Morgan fingerprint density at radius 2 is 1.57 bits per heavy atom. The van der Waals surface area contributed by atoms with Crippen LogP contribution in [0.2, 0.25) is 0 Å². The molecule has 0 spiro atoms. The van der Waals surface area contributed by atoms with Gasteiger partial charge >= 0.3 is 6.03 Å². The van der Waals surface area contributed by atoms with Crippen LogP contribution in [0.25, 0.3) is 5.69 Å². The number of amides is 2. The van der Waals surface area contributed by atoms with Crippen molar-refractivity contribution >= 4 is 17.6 Å². The molecule has 2 aliphatic heterocycles. The van der Waals surface area contributed by atoms with Crippen LogP contribution in [0.1, 0.15) is 17.4 Å². The van der Waals surface area contributed by atoms with Gasteiger partial charge in [-0.2, -0.15) is 4.68 Å².